The minimum Gasteiger partial charge on any atom is -0.480 e. The van der Waals surface area contributed by atoms with E-state index in [1.807, 2.05) is 24.3 Å². The largest absolute Gasteiger partial charge is 0.480 e. The van der Waals surface area contributed by atoms with Crippen LogP contribution >= 0.6 is 0 Å². The van der Waals surface area contributed by atoms with Gasteiger partial charge in [-0.15, -0.1) is 0 Å². The van der Waals surface area contributed by atoms with E-state index >= 15 is 0 Å². The summed E-state index contributed by atoms with van der Waals surface area (Å²) in [5, 5.41) is 10.2. The van der Waals surface area contributed by atoms with Crippen molar-refractivity contribution < 1.29 is 14.6 Å². The van der Waals surface area contributed by atoms with Crippen molar-refractivity contribution in [3.63, 3.8) is 0 Å². The third kappa shape index (κ3) is 4.25. The van der Waals surface area contributed by atoms with Gasteiger partial charge in [0.05, 0.1) is 19.6 Å². The molecule has 3 rings (SSSR count). The Balaban J connectivity index is 1.88. The second-order valence-electron chi connectivity index (χ2n) is 6.22. The first-order chi connectivity index (χ1) is 13.0. The molecule has 1 aromatic carbocycles. The number of rotatable bonds is 8. The molecule has 0 unspecified atom stereocenters. The van der Waals surface area contributed by atoms with E-state index < -0.39 is 0 Å². The quantitative estimate of drug-likeness (QED) is 0.508. The van der Waals surface area contributed by atoms with Crippen molar-refractivity contribution in [2.45, 2.75) is 32.7 Å². The molecule has 2 aromatic heterocycles. The highest BCUT2D eigenvalue weighted by molar-refractivity contribution is 5.83. The van der Waals surface area contributed by atoms with Gasteiger partial charge in [0.15, 0.2) is 17.0 Å². The Bertz CT molecular complexity index is 952. The predicted octanol–water partition coefficient (Wildman–Crippen LogP) is 1.37. The average molecular weight is 370 g/mol. The number of benzene rings is 1. The van der Waals surface area contributed by atoms with Crippen LogP contribution in [-0.2, 0) is 17.8 Å². The number of nitrogen functional groups attached to an aromatic ring is 1. The van der Waals surface area contributed by atoms with Gasteiger partial charge in [0.25, 0.3) is 6.01 Å². The van der Waals surface area contributed by atoms with Gasteiger partial charge in [0, 0.05) is 0 Å². The van der Waals surface area contributed by atoms with Crippen molar-refractivity contribution in [1.29, 1.82) is 0 Å². The fourth-order valence-corrected chi connectivity index (χ4v) is 2.65. The molecule has 0 spiro atoms. The highest BCUT2D eigenvalue weighted by Crippen LogP contribution is 2.25. The molecule has 0 aliphatic rings. The number of nitrogens with zero attached hydrogens (tertiary/aromatic N) is 4. The number of unbranched alkanes of at least 4 members (excludes halogenated alkanes) is 1. The average Bonchev–Trinajstić information content (AvgIpc) is 2.93. The molecule has 2 heterocycles. The van der Waals surface area contributed by atoms with Crippen LogP contribution in [0.3, 0.4) is 0 Å². The number of primary amides is 1. The Morgan fingerprint density at radius 3 is 2.56 bits per heavy atom. The first-order valence-corrected chi connectivity index (χ1v) is 8.69. The van der Waals surface area contributed by atoms with Crippen LogP contribution in [0.25, 0.3) is 11.2 Å². The van der Waals surface area contributed by atoms with Crippen molar-refractivity contribution in [3.8, 4) is 12.0 Å². The molecule has 9 heteroatoms. The lowest BCUT2D eigenvalue weighted by atomic mass is 10.1. The van der Waals surface area contributed by atoms with Gasteiger partial charge in [-0.1, -0.05) is 37.6 Å². The summed E-state index contributed by atoms with van der Waals surface area (Å²) >= 11 is 0. The number of carbonyl (C=O) groups excluding carboxylic acids is 1. The van der Waals surface area contributed by atoms with E-state index in [4.69, 9.17) is 16.2 Å². The van der Waals surface area contributed by atoms with E-state index in [9.17, 15) is 9.90 Å². The fraction of sp³-hybridized carbons (Fsp3) is 0.333. The lowest BCUT2D eigenvalue weighted by Crippen LogP contribution is -2.13. The van der Waals surface area contributed by atoms with Crippen LogP contribution in [0.2, 0.25) is 0 Å². The molecule has 0 radical (unpaired) electrons. The molecule has 142 valence electrons. The van der Waals surface area contributed by atoms with Crippen LogP contribution in [0.1, 0.15) is 30.9 Å². The van der Waals surface area contributed by atoms with Gasteiger partial charge in [0.2, 0.25) is 5.91 Å². The minimum atomic E-state index is -0.385. The lowest BCUT2D eigenvalue weighted by Gasteiger charge is -2.08. The van der Waals surface area contributed by atoms with Crippen LogP contribution in [-0.4, -0.2) is 37.1 Å². The zero-order chi connectivity index (χ0) is 19.4. The molecule has 0 atom stereocenters. The monoisotopic (exact) mass is 370 g/mol. The number of nitrogens with two attached hydrogens (primary N) is 2. The second kappa shape index (κ2) is 7.90. The molecule has 1 amide bonds. The number of aromatic nitrogens is 4. The maximum absolute atomic E-state index is 11.0. The third-order valence-corrected chi connectivity index (χ3v) is 4.05. The van der Waals surface area contributed by atoms with Crippen LogP contribution in [0.15, 0.2) is 24.3 Å². The number of carbonyl (C=O) groups is 1. The zero-order valence-corrected chi connectivity index (χ0v) is 15.1. The molecule has 0 saturated carbocycles. The lowest BCUT2D eigenvalue weighted by molar-refractivity contribution is -0.117. The number of hydrogen-bond acceptors (Lipinski definition) is 7. The van der Waals surface area contributed by atoms with Crippen molar-refractivity contribution in [1.82, 2.24) is 19.5 Å². The summed E-state index contributed by atoms with van der Waals surface area (Å²) in [6.45, 7) is 2.87. The molecule has 0 bridgehead atoms. The van der Waals surface area contributed by atoms with Crippen LogP contribution < -0.4 is 16.2 Å². The maximum atomic E-state index is 11.0. The summed E-state index contributed by atoms with van der Waals surface area (Å²) in [5.41, 5.74) is 13.6. The molecule has 9 nitrogen and oxygen atoms in total. The molecular formula is C18H22N6O3. The summed E-state index contributed by atoms with van der Waals surface area (Å²) in [7, 11) is 0. The van der Waals surface area contributed by atoms with Crippen molar-refractivity contribution in [2.24, 2.45) is 5.73 Å². The summed E-state index contributed by atoms with van der Waals surface area (Å²) in [5.74, 6) is -0.235. The summed E-state index contributed by atoms with van der Waals surface area (Å²) in [6.07, 6.45) is 2.05. The number of imidazole rings is 1. The fourth-order valence-electron chi connectivity index (χ4n) is 2.65. The number of ether oxygens (including phenoxy) is 1. The molecule has 0 aliphatic carbocycles. The van der Waals surface area contributed by atoms with Crippen LogP contribution in [0, 0.1) is 0 Å². The Morgan fingerprint density at radius 1 is 1.19 bits per heavy atom. The Morgan fingerprint density at radius 2 is 1.89 bits per heavy atom. The number of anilines is 1. The summed E-state index contributed by atoms with van der Waals surface area (Å²) < 4.78 is 7.06. The number of fused-ring (bicyclic) bond motifs is 1. The van der Waals surface area contributed by atoms with Crippen molar-refractivity contribution in [3.05, 3.63) is 35.4 Å². The number of amides is 1. The van der Waals surface area contributed by atoms with Crippen LogP contribution in [0.5, 0.6) is 12.0 Å². The van der Waals surface area contributed by atoms with Gasteiger partial charge < -0.3 is 21.3 Å². The SMILES string of the molecule is CCCCOc1nc(N)c2nc(O)n(Cc3ccc(CC(N)=O)cc3)c2n1. The zero-order valence-electron chi connectivity index (χ0n) is 15.1. The molecule has 5 N–H and O–H groups in total. The van der Waals surface area contributed by atoms with E-state index in [-0.39, 0.29) is 30.2 Å². The highest BCUT2D eigenvalue weighted by atomic mass is 16.5. The maximum Gasteiger partial charge on any atom is 0.320 e. The predicted molar refractivity (Wildman–Crippen MR) is 100 cm³/mol. The Hall–Kier alpha value is -3.36. The molecule has 27 heavy (non-hydrogen) atoms. The smallest absolute Gasteiger partial charge is 0.320 e. The first kappa shape index (κ1) is 18.4. The Labute approximate surface area is 156 Å². The van der Waals surface area contributed by atoms with Crippen molar-refractivity contribution >= 4 is 22.9 Å². The van der Waals surface area contributed by atoms with Gasteiger partial charge in [-0.05, 0) is 17.5 Å². The minimum absolute atomic E-state index is 0.150. The topological polar surface area (TPSA) is 142 Å². The van der Waals surface area contributed by atoms with E-state index in [2.05, 4.69) is 21.9 Å². The molecule has 3 aromatic rings. The van der Waals surface area contributed by atoms with E-state index in [0.29, 0.717) is 24.3 Å². The standard InChI is InChI=1S/C18H22N6O3/c1-2-3-8-27-17-22-15(20)14-16(23-17)24(18(26)21-14)10-12-6-4-11(5-7-12)9-13(19)25/h4-7H,2-3,8-10H2,1H3,(H2,19,25)(H,21,26)(H2,20,22,23). The van der Waals surface area contributed by atoms with Gasteiger partial charge in [-0.3, -0.25) is 9.36 Å². The number of aromatic hydroxyl groups is 1. The summed E-state index contributed by atoms with van der Waals surface area (Å²) in [4.78, 5) is 23.5. The Kier molecular flexibility index (Phi) is 5.39. The normalized spacial score (nSPS) is 11.0. The van der Waals surface area contributed by atoms with E-state index in [1.54, 1.807) is 0 Å². The molecule has 0 saturated heterocycles. The summed E-state index contributed by atoms with van der Waals surface area (Å²) in [6, 6.07) is 7.29. The highest BCUT2D eigenvalue weighted by Gasteiger charge is 2.17. The molecule has 0 fully saturated rings. The van der Waals surface area contributed by atoms with Gasteiger partial charge in [-0.25, -0.2) is 0 Å². The van der Waals surface area contributed by atoms with E-state index in [0.717, 1.165) is 24.0 Å². The second-order valence-corrected chi connectivity index (χ2v) is 6.22. The van der Waals surface area contributed by atoms with Gasteiger partial charge >= 0.3 is 6.01 Å². The molecular weight excluding hydrogens is 348 g/mol. The van der Waals surface area contributed by atoms with E-state index in [1.165, 1.54) is 4.57 Å². The van der Waals surface area contributed by atoms with Crippen molar-refractivity contribution in [2.75, 3.05) is 12.3 Å². The third-order valence-electron chi connectivity index (χ3n) is 4.05. The van der Waals surface area contributed by atoms with Gasteiger partial charge in [-0.2, -0.15) is 15.0 Å². The van der Waals surface area contributed by atoms with Crippen LogP contribution in [0.4, 0.5) is 5.82 Å². The number of hydrogen-bond donors (Lipinski definition) is 3. The molecule has 0 aliphatic heterocycles. The first-order valence-electron chi connectivity index (χ1n) is 8.69. The van der Waals surface area contributed by atoms with Gasteiger partial charge in [0.1, 0.15) is 0 Å².